The fourth-order valence-electron chi connectivity index (χ4n) is 2.85. The molecule has 0 saturated carbocycles. The third-order valence-electron chi connectivity index (χ3n) is 4.52. The van der Waals surface area contributed by atoms with Gasteiger partial charge in [0.25, 0.3) is 0 Å². The average Bonchev–Trinajstić information content (AvgIpc) is 3.23. The molecule has 1 aromatic rings. The largest absolute Gasteiger partial charge is 0.481 e. The first kappa shape index (κ1) is 26.9. The summed E-state index contributed by atoms with van der Waals surface area (Å²) >= 11 is 0. The normalized spacial score (nSPS) is 12.7. The molecule has 0 aliphatic rings. The van der Waals surface area contributed by atoms with E-state index in [0.29, 0.717) is 18.4 Å². The van der Waals surface area contributed by atoms with Crippen LogP contribution in [0.25, 0.3) is 0 Å². The fourth-order valence-corrected chi connectivity index (χ4v) is 2.85. The van der Waals surface area contributed by atoms with Crippen molar-refractivity contribution in [2.75, 3.05) is 0 Å². The molecule has 0 fully saturated rings. The molecule has 0 aliphatic heterocycles. The Morgan fingerprint density at radius 1 is 0.781 bits per heavy atom. The zero-order valence-corrected chi connectivity index (χ0v) is 19.2. The quantitative estimate of drug-likeness (QED) is 0.279. The van der Waals surface area contributed by atoms with Crippen molar-refractivity contribution in [3.8, 4) is 0 Å². The standard InChI is InChI=1S/C28H37NO3/c1-2-3-4-5-6-7-8-9-10-11-12-13-14-15-16-17-18-19-20-21-27(30)29-23-22-26(25-29)24-28(31)32/h3-4,6-7,9-10,12-13,15-16,18-19,22-23,25H,2,5,8,11,14,17,20-21,24H2,1H3,(H,31,32)/b4-3-,7-6-,10-9-,13-12-,16-15-,19-18-. The van der Waals surface area contributed by atoms with Gasteiger partial charge < -0.3 is 5.11 Å². The number of carboxylic acid groups (broad SMARTS) is 1. The van der Waals surface area contributed by atoms with Crippen LogP contribution in [0.5, 0.6) is 0 Å². The molecule has 0 atom stereocenters. The highest BCUT2D eigenvalue weighted by atomic mass is 16.4. The van der Waals surface area contributed by atoms with Crippen molar-refractivity contribution >= 4 is 11.9 Å². The van der Waals surface area contributed by atoms with Gasteiger partial charge in [-0.1, -0.05) is 79.8 Å². The molecule has 32 heavy (non-hydrogen) atoms. The Bertz CT molecular complexity index is 835. The van der Waals surface area contributed by atoms with Crippen molar-refractivity contribution in [2.45, 2.75) is 64.7 Å². The molecule has 4 heteroatoms. The molecule has 0 unspecified atom stereocenters. The van der Waals surface area contributed by atoms with Gasteiger partial charge in [0.1, 0.15) is 0 Å². The summed E-state index contributed by atoms with van der Waals surface area (Å²) in [6, 6.07) is 1.67. The number of aromatic nitrogens is 1. The van der Waals surface area contributed by atoms with Crippen LogP contribution in [0.2, 0.25) is 0 Å². The van der Waals surface area contributed by atoms with E-state index in [-0.39, 0.29) is 12.3 Å². The Balaban J connectivity index is 2.06. The van der Waals surface area contributed by atoms with Crippen LogP contribution in [0.15, 0.2) is 91.4 Å². The molecule has 1 rings (SSSR count). The van der Waals surface area contributed by atoms with Gasteiger partial charge in [-0.2, -0.15) is 0 Å². The second-order valence-corrected chi connectivity index (χ2v) is 7.35. The Morgan fingerprint density at radius 2 is 1.25 bits per heavy atom. The van der Waals surface area contributed by atoms with Crippen LogP contribution >= 0.6 is 0 Å². The third-order valence-corrected chi connectivity index (χ3v) is 4.52. The third kappa shape index (κ3) is 14.8. The number of carboxylic acids is 1. The van der Waals surface area contributed by atoms with Gasteiger partial charge in [0, 0.05) is 18.8 Å². The summed E-state index contributed by atoms with van der Waals surface area (Å²) < 4.78 is 1.47. The Morgan fingerprint density at radius 3 is 1.72 bits per heavy atom. The highest BCUT2D eigenvalue weighted by molar-refractivity contribution is 5.79. The maximum Gasteiger partial charge on any atom is 0.307 e. The number of rotatable bonds is 16. The van der Waals surface area contributed by atoms with E-state index in [1.54, 1.807) is 18.5 Å². The summed E-state index contributed by atoms with van der Waals surface area (Å²) in [5.74, 6) is -0.922. The topological polar surface area (TPSA) is 59.3 Å². The van der Waals surface area contributed by atoms with Crippen LogP contribution in [0.1, 0.15) is 68.6 Å². The maximum atomic E-state index is 12.1. The minimum atomic E-state index is -0.895. The van der Waals surface area contributed by atoms with Crippen LogP contribution in [0, 0.1) is 0 Å². The van der Waals surface area contributed by atoms with E-state index < -0.39 is 5.97 Å². The minimum Gasteiger partial charge on any atom is -0.481 e. The summed E-state index contributed by atoms with van der Waals surface area (Å²) in [7, 11) is 0. The molecule has 0 bridgehead atoms. The van der Waals surface area contributed by atoms with E-state index in [9.17, 15) is 9.59 Å². The first-order valence-corrected chi connectivity index (χ1v) is 11.4. The summed E-state index contributed by atoms with van der Waals surface area (Å²) in [6.07, 6.45) is 36.0. The van der Waals surface area contributed by atoms with Gasteiger partial charge in [0.05, 0.1) is 6.42 Å². The number of carbonyl (C=O) groups excluding carboxylic acids is 1. The van der Waals surface area contributed by atoms with E-state index >= 15 is 0 Å². The van der Waals surface area contributed by atoms with Gasteiger partial charge in [-0.15, -0.1) is 0 Å². The second-order valence-electron chi connectivity index (χ2n) is 7.35. The fraction of sp³-hybridized carbons (Fsp3) is 0.357. The maximum absolute atomic E-state index is 12.1. The Kier molecular flexibility index (Phi) is 15.6. The smallest absolute Gasteiger partial charge is 0.307 e. The molecule has 0 aliphatic carbocycles. The van der Waals surface area contributed by atoms with E-state index in [2.05, 4.69) is 73.8 Å². The highest BCUT2D eigenvalue weighted by Gasteiger charge is 2.06. The van der Waals surface area contributed by atoms with Gasteiger partial charge in [-0.05, 0) is 56.6 Å². The molecule has 0 saturated heterocycles. The summed E-state index contributed by atoms with van der Waals surface area (Å²) in [5, 5.41) is 8.77. The lowest BCUT2D eigenvalue weighted by Gasteiger charge is -1.99. The predicted molar refractivity (Wildman–Crippen MR) is 134 cm³/mol. The van der Waals surface area contributed by atoms with Crippen molar-refractivity contribution in [1.82, 2.24) is 4.57 Å². The van der Waals surface area contributed by atoms with Gasteiger partial charge in [-0.3, -0.25) is 14.2 Å². The molecular formula is C28H37NO3. The van der Waals surface area contributed by atoms with Crippen LogP contribution in [-0.4, -0.2) is 21.6 Å². The number of aliphatic carboxylic acids is 1. The van der Waals surface area contributed by atoms with Crippen molar-refractivity contribution < 1.29 is 14.7 Å². The van der Waals surface area contributed by atoms with E-state index in [0.717, 1.165) is 38.5 Å². The minimum absolute atomic E-state index is 0.0267. The van der Waals surface area contributed by atoms with Crippen molar-refractivity contribution in [2.24, 2.45) is 0 Å². The molecule has 0 aromatic carbocycles. The molecule has 0 spiro atoms. The first-order valence-electron chi connectivity index (χ1n) is 11.4. The Hall–Kier alpha value is -3.14. The molecule has 172 valence electrons. The van der Waals surface area contributed by atoms with Crippen LogP contribution in [-0.2, 0) is 11.2 Å². The highest BCUT2D eigenvalue weighted by Crippen LogP contribution is 2.05. The van der Waals surface area contributed by atoms with Crippen LogP contribution in [0.4, 0.5) is 0 Å². The predicted octanol–water partition coefficient (Wildman–Crippen LogP) is 7.23. The zero-order valence-electron chi connectivity index (χ0n) is 19.2. The summed E-state index contributed by atoms with van der Waals surface area (Å²) in [6.45, 7) is 2.15. The zero-order chi connectivity index (χ0) is 23.3. The molecular weight excluding hydrogens is 398 g/mol. The molecule has 0 radical (unpaired) electrons. The average molecular weight is 436 g/mol. The van der Waals surface area contributed by atoms with Gasteiger partial charge in [0.15, 0.2) is 0 Å². The van der Waals surface area contributed by atoms with Gasteiger partial charge in [0.2, 0.25) is 5.91 Å². The van der Waals surface area contributed by atoms with Crippen molar-refractivity contribution in [3.63, 3.8) is 0 Å². The lowest BCUT2D eigenvalue weighted by atomic mass is 10.2. The van der Waals surface area contributed by atoms with Gasteiger partial charge in [-0.25, -0.2) is 0 Å². The number of nitrogens with zero attached hydrogens (tertiary/aromatic N) is 1. The van der Waals surface area contributed by atoms with E-state index in [1.165, 1.54) is 4.57 Å². The van der Waals surface area contributed by atoms with Crippen molar-refractivity contribution in [1.29, 1.82) is 0 Å². The summed E-state index contributed by atoms with van der Waals surface area (Å²) in [4.78, 5) is 22.8. The monoisotopic (exact) mass is 435 g/mol. The van der Waals surface area contributed by atoms with Crippen LogP contribution in [0.3, 0.4) is 0 Å². The van der Waals surface area contributed by atoms with Crippen LogP contribution < -0.4 is 0 Å². The number of carbonyl (C=O) groups is 2. The number of hydrogen-bond donors (Lipinski definition) is 1. The molecule has 4 nitrogen and oxygen atoms in total. The number of allylic oxidation sites excluding steroid dienone is 12. The van der Waals surface area contributed by atoms with Gasteiger partial charge >= 0.3 is 5.97 Å². The number of hydrogen-bond acceptors (Lipinski definition) is 2. The SMILES string of the molecule is CC/C=C\C/C=C\C/C=C\C/C=C\C/C=C\C/C=C\CCC(=O)n1ccc(CC(=O)O)c1. The summed E-state index contributed by atoms with van der Waals surface area (Å²) in [5.41, 5.74) is 0.639. The van der Waals surface area contributed by atoms with Crippen molar-refractivity contribution in [3.05, 3.63) is 96.9 Å². The second kappa shape index (κ2) is 18.6. The first-order chi connectivity index (χ1) is 15.6. The molecule has 1 aromatic heterocycles. The molecule has 1 N–H and O–H groups in total. The lowest BCUT2D eigenvalue weighted by Crippen LogP contribution is -2.07. The Labute approximate surface area is 193 Å². The van der Waals surface area contributed by atoms with E-state index in [1.807, 2.05) is 6.08 Å². The lowest BCUT2D eigenvalue weighted by molar-refractivity contribution is -0.136. The molecule has 0 amide bonds. The van der Waals surface area contributed by atoms with E-state index in [4.69, 9.17) is 5.11 Å². The molecule has 1 heterocycles.